The predicted octanol–water partition coefficient (Wildman–Crippen LogP) is 10.2. The normalized spacial score (nSPS) is 13.6. The second-order valence-electron chi connectivity index (χ2n) is 12.5. The Balaban J connectivity index is 4.06. The van der Waals surface area contributed by atoms with Crippen molar-refractivity contribution in [1.29, 1.82) is 0 Å². The smallest absolute Gasteiger partial charge is 0.457 e. The Kier molecular flexibility index (Phi) is 33.5. The van der Waals surface area contributed by atoms with Crippen LogP contribution in [0.5, 0.6) is 0 Å². The maximum Gasteiger partial charge on any atom is 0.472 e. The lowest BCUT2D eigenvalue weighted by Gasteiger charge is -2.20. The fourth-order valence-corrected chi connectivity index (χ4v) is 6.06. The molecule has 0 radical (unpaired) electrons. The van der Waals surface area contributed by atoms with Gasteiger partial charge in [0.1, 0.15) is 6.10 Å². The maximum atomic E-state index is 12.5. The number of carbonyl (C=O) groups is 1. The highest BCUT2D eigenvalue weighted by atomic mass is 31.2. The van der Waals surface area contributed by atoms with E-state index in [1.165, 1.54) is 128 Å². The fourth-order valence-electron chi connectivity index (χ4n) is 5.29. The Bertz CT molecular complexity index is 653. The van der Waals surface area contributed by atoms with E-state index in [0.29, 0.717) is 13.0 Å². The molecule has 0 heterocycles. The molecule has 3 N–H and O–H groups in total. The molecule has 0 aromatic rings. The number of hydrogen-bond donors (Lipinski definition) is 2. The number of phosphoric ester groups is 1. The number of ether oxygens (including phenoxy) is 2. The van der Waals surface area contributed by atoms with Crippen LogP contribution in [0.2, 0.25) is 0 Å². The van der Waals surface area contributed by atoms with Crippen molar-refractivity contribution in [2.24, 2.45) is 5.73 Å². The molecule has 0 aromatic heterocycles. The molecule has 2 unspecified atom stereocenters. The lowest BCUT2D eigenvalue weighted by atomic mass is 10.0. The Morgan fingerprint density at radius 2 is 1.00 bits per heavy atom. The second kappa shape index (κ2) is 33.9. The van der Waals surface area contributed by atoms with E-state index in [2.05, 4.69) is 13.8 Å². The van der Waals surface area contributed by atoms with Gasteiger partial charge in [0.25, 0.3) is 0 Å². The van der Waals surface area contributed by atoms with Gasteiger partial charge in [0, 0.05) is 19.6 Å². The minimum absolute atomic E-state index is 0.0906. The highest BCUT2D eigenvalue weighted by Gasteiger charge is 2.25. The van der Waals surface area contributed by atoms with Gasteiger partial charge in [-0.25, -0.2) is 4.57 Å². The summed E-state index contributed by atoms with van der Waals surface area (Å²) in [6.45, 7) is 4.95. The van der Waals surface area contributed by atoms with E-state index in [9.17, 15) is 14.3 Å². The number of carbonyl (C=O) groups excluding carboxylic acids is 1. The zero-order valence-electron chi connectivity index (χ0n) is 28.9. The molecular formula is C35H72NO7P. The van der Waals surface area contributed by atoms with Crippen molar-refractivity contribution in [2.75, 3.05) is 33.0 Å². The number of hydrogen-bond acceptors (Lipinski definition) is 7. The zero-order chi connectivity index (χ0) is 32.4. The number of rotatable bonds is 36. The standard InChI is InChI=1S/C35H72NO7P/c1-3-5-7-9-11-13-15-16-17-18-20-22-24-26-28-35(37)43-34(33-42-44(38,39)41-31-29-36)32-40-30-27-25-23-21-19-14-12-10-8-6-4-2/h34H,3-33,36H2,1-2H3,(H,38,39). The lowest BCUT2D eigenvalue weighted by molar-refractivity contribution is -0.154. The van der Waals surface area contributed by atoms with E-state index in [0.717, 1.165) is 32.1 Å². The molecule has 0 aliphatic heterocycles. The Morgan fingerprint density at radius 1 is 0.591 bits per heavy atom. The first kappa shape index (κ1) is 43.5. The Morgan fingerprint density at radius 3 is 1.43 bits per heavy atom. The summed E-state index contributed by atoms with van der Waals surface area (Å²) >= 11 is 0. The molecule has 8 nitrogen and oxygen atoms in total. The highest BCUT2D eigenvalue weighted by molar-refractivity contribution is 7.47. The molecule has 0 fully saturated rings. The van der Waals surface area contributed by atoms with Crippen LogP contribution in [0.3, 0.4) is 0 Å². The van der Waals surface area contributed by atoms with E-state index in [1.807, 2.05) is 0 Å². The third-order valence-electron chi connectivity index (χ3n) is 8.02. The second-order valence-corrected chi connectivity index (χ2v) is 13.9. The van der Waals surface area contributed by atoms with Gasteiger partial charge in [-0.15, -0.1) is 0 Å². The molecular weight excluding hydrogens is 577 g/mol. The average molecular weight is 650 g/mol. The maximum absolute atomic E-state index is 12.5. The summed E-state index contributed by atoms with van der Waals surface area (Å²) in [6.07, 6.45) is 31.0. The molecule has 0 rings (SSSR count). The van der Waals surface area contributed by atoms with E-state index in [-0.39, 0.29) is 32.3 Å². The van der Waals surface area contributed by atoms with Crippen LogP contribution in [0.1, 0.15) is 181 Å². The molecule has 0 spiro atoms. The predicted molar refractivity (Wildman–Crippen MR) is 183 cm³/mol. The molecule has 0 aromatic carbocycles. The molecule has 0 aliphatic carbocycles. The van der Waals surface area contributed by atoms with Crippen LogP contribution in [-0.2, 0) is 27.9 Å². The SMILES string of the molecule is CCCCCCCCCCCCCCCCC(=O)OC(COCCCCCCCCCCCCC)COP(=O)(O)OCCN. The van der Waals surface area contributed by atoms with Gasteiger partial charge in [-0.05, 0) is 12.8 Å². The highest BCUT2D eigenvalue weighted by Crippen LogP contribution is 2.43. The van der Waals surface area contributed by atoms with Crippen molar-refractivity contribution >= 4 is 13.8 Å². The first-order valence-corrected chi connectivity index (χ1v) is 20.0. The van der Waals surface area contributed by atoms with Crippen LogP contribution in [0.15, 0.2) is 0 Å². The molecule has 44 heavy (non-hydrogen) atoms. The van der Waals surface area contributed by atoms with Gasteiger partial charge in [-0.3, -0.25) is 13.8 Å². The van der Waals surface area contributed by atoms with Crippen LogP contribution in [0, 0.1) is 0 Å². The third-order valence-corrected chi connectivity index (χ3v) is 9.01. The van der Waals surface area contributed by atoms with E-state index in [4.69, 9.17) is 24.3 Å². The molecule has 0 saturated heterocycles. The summed E-state index contributed by atoms with van der Waals surface area (Å²) in [4.78, 5) is 22.3. The first-order chi connectivity index (χ1) is 21.4. The monoisotopic (exact) mass is 650 g/mol. The summed E-state index contributed by atoms with van der Waals surface area (Å²) in [7, 11) is -4.26. The molecule has 0 bridgehead atoms. The van der Waals surface area contributed by atoms with Crippen molar-refractivity contribution in [3.05, 3.63) is 0 Å². The van der Waals surface area contributed by atoms with Crippen molar-refractivity contribution in [2.45, 2.75) is 187 Å². The van der Waals surface area contributed by atoms with Gasteiger partial charge in [-0.2, -0.15) is 0 Å². The average Bonchev–Trinajstić information content (AvgIpc) is 3.01. The van der Waals surface area contributed by atoms with Crippen LogP contribution in [-0.4, -0.2) is 49.9 Å². The Hall–Kier alpha value is -0.500. The van der Waals surface area contributed by atoms with Gasteiger partial charge < -0.3 is 20.1 Å². The van der Waals surface area contributed by atoms with Gasteiger partial charge >= 0.3 is 13.8 Å². The van der Waals surface area contributed by atoms with E-state index < -0.39 is 13.9 Å². The summed E-state index contributed by atoms with van der Waals surface area (Å²) in [5, 5.41) is 0. The zero-order valence-corrected chi connectivity index (χ0v) is 29.8. The number of phosphoric acid groups is 1. The molecule has 9 heteroatoms. The third kappa shape index (κ3) is 32.9. The molecule has 264 valence electrons. The molecule has 0 aliphatic rings. The minimum Gasteiger partial charge on any atom is -0.457 e. The molecule has 0 saturated carbocycles. The first-order valence-electron chi connectivity index (χ1n) is 18.5. The van der Waals surface area contributed by atoms with Gasteiger partial charge in [0.2, 0.25) is 0 Å². The summed E-state index contributed by atoms with van der Waals surface area (Å²) in [5.41, 5.74) is 5.34. The van der Waals surface area contributed by atoms with Crippen molar-refractivity contribution in [1.82, 2.24) is 0 Å². The molecule has 0 amide bonds. The van der Waals surface area contributed by atoms with Crippen molar-refractivity contribution in [3.8, 4) is 0 Å². The molecule has 2 atom stereocenters. The van der Waals surface area contributed by atoms with Crippen molar-refractivity contribution in [3.63, 3.8) is 0 Å². The number of nitrogens with two attached hydrogens (primary N) is 1. The summed E-state index contributed by atoms with van der Waals surface area (Å²) in [5.74, 6) is -0.327. The van der Waals surface area contributed by atoms with Crippen LogP contribution < -0.4 is 5.73 Å². The Labute approximate surface area is 271 Å². The van der Waals surface area contributed by atoms with Gasteiger partial charge in [0.05, 0.1) is 19.8 Å². The van der Waals surface area contributed by atoms with E-state index in [1.54, 1.807) is 0 Å². The summed E-state index contributed by atoms with van der Waals surface area (Å²) < 4.78 is 33.2. The summed E-state index contributed by atoms with van der Waals surface area (Å²) in [6, 6.07) is 0. The quantitative estimate of drug-likeness (QED) is 0.0391. The fraction of sp³-hybridized carbons (Fsp3) is 0.971. The van der Waals surface area contributed by atoms with Crippen LogP contribution in [0.25, 0.3) is 0 Å². The van der Waals surface area contributed by atoms with Crippen LogP contribution >= 0.6 is 7.82 Å². The van der Waals surface area contributed by atoms with Gasteiger partial charge in [0.15, 0.2) is 0 Å². The number of esters is 1. The largest absolute Gasteiger partial charge is 0.472 e. The lowest BCUT2D eigenvalue weighted by Crippen LogP contribution is -2.28. The van der Waals surface area contributed by atoms with Crippen molar-refractivity contribution < 1.29 is 32.8 Å². The van der Waals surface area contributed by atoms with E-state index >= 15 is 0 Å². The number of unbranched alkanes of at least 4 members (excludes halogenated alkanes) is 23. The topological polar surface area (TPSA) is 117 Å². The van der Waals surface area contributed by atoms with Crippen LogP contribution in [0.4, 0.5) is 0 Å². The minimum atomic E-state index is -4.26. The van der Waals surface area contributed by atoms with Gasteiger partial charge in [-0.1, -0.05) is 162 Å².